The quantitative estimate of drug-likeness (QED) is 0.0264. The zero-order valence-electron chi connectivity index (χ0n) is 54.4. The van der Waals surface area contributed by atoms with Crippen LogP contribution in [0.15, 0.2) is 72.9 Å². The van der Waals surface area contributed by atoms with E-state index in [1.54, 1.807) is 0 Å². The van der Waals surface area contributed by atoms with Crippen molar-refractivity contribution in [3.05, 3.63) is 72.9 Å². The molecule has 0 amide bonds. The SMILES string of the molecule is CC/C=C\C/C=C\C/C=C\C/C=C\C/C=C\C/C=C\CCCCCCCCC(=O)OC(COC(=O)CCCCCCCCCCCCCCCCCCCCCCCCCCCCCCCCCCCCCCC)COP(=O)(O)OCCN. The summed E-state index contributed by atoms with van der Waals surface area (Å²) < 4.78 is 33.1. The van der Waals surface area contributed by atoms with Crippen LogP contribution >= 0.6 is 7.82 Å². The third-order valence-electron chi connectivity index (χ3n) is 15.6. The smallest absolute Gasteiger partial charge is 0.462 e. The number of phosphoric acid groups is 1. The summed E-state index contributed by atoms with van der Waals surface area (Å²) in [5, 5.41) is 0. The van der Waals surface area contributed by atoms with Gasteiger partial charge in [-0.2, -0.15) is 0 Å². The normalized spacial score (nSPS) is 13.3. The molecular formula is C73H134NO8P. The Morgan fingerprint density at radius 1 is 0.373 bits per heavy atom. The van der Waals surface area contributed by atoms with Crippen molar-refractivity contribution in [3.8, 4) is 0 Å². The number of rotatable bonds is 67. The molecular weight excluding hydrogens is 1050 g/mol. The Bertz CT molecular complexity index is 1590. The Labute approximate surface area is 513 Å². The van der Waals surface area contributed by atoms with Crippen LogP contribution in [0.5, 0.6) is 0 Å². The molecule has 0 aromatic heterocycles. The Morgan fingerprint density at radius 2 is 0.663 bits per heavy atom. The molecule has 0 radical (unpaired) electrons. The molecule has 0 rings (SSSR count). The first-order valence-corrected chi connectivity index (χ1v) is 36.9. The minimum Gasteiger partial charge on any atom is -0.462 e. The third-order valence-corrected chi connectivity index (χ3v) is 16.6. The van der Waals surface area contributed by atoms with Gasteiger partial charge in [-0.3, -0.25) is 18.6 Å². The van der Waals surface area contributed by atoms with E-state index in [1.807, 2.05) is 0 Å². The van der Waals surface area contributed by atoms with Crippen molar-refractivity contribution >= 4 is 19.8 Å². The van der Waals surface area contributed by atoms with E-state index in [1.165, 1.54) is 218 Å². The van der Waals surface area contributed by atoms with Crippen LogP contribution in [-0.4, -0.2) is 49.3 Å². The lowest BCUT2D eigenvalue weighted by Crippen LogP contribution is -2.29. The molecule has 0 aliphatic heterocycles. The van der Waals surface area contributed by atoms with Crippen molar-refractivity contribution < 1.29 is 37.6 Å². The fraction of sp³-hybridized carbons (Fsp3) is 0.808. The van der Waals surface area contributed by atoms with E-state index in [2.05, 4.69) is 86.8 Å². The summed E-state index contributed by atoms with van der Waals surface area (Å²) in [6.07, 6.45) is 90.2. The van der Waals surface area contributed by atoms with Crippen LogP contribution in [0, 0.1) is 0 Å². The van der Waals surface area contributed by atoms with Gasteiger partial charge in [0.05, 0.1) is 13.2 Å². The van der Waals surface area contributed by atoms with Crippen LogP contribution in [-0.2, 0) is 32.7 Å². The Hall–Kier alpha value is -2.55. The zero-order chi connectivity index (χ0) is 60.1. The second-order valence-electron chi connectivity index (χ2n) is 23.7. The van der Waals surface area contributed by atoms with Gasteiger partial charge in [-0.05, 0) is 64.2 Å². The fourth-order valence-corrected chi connectivity index (χ4v) is 11.2. The molecule has 0 aromatic carbocycles. The van der Waals surface area contributed by atoms with Crippen molar-refractivity contribution in [2.45, 2.75) is 354 Å². The Morgan fingerprint density at radius 3 is 0.988 bits per heavy atom. The molecule has 9 nitrogen and oxygen atoms in total. The minimum atomic E-state index is -4.40. The van der Waals surface area contributed by atoms with Crippen molar-refractivity contribution in [1.29, 1.82) is 0 Å². The lowest BCUT2D eigenvalue weighted by molar-refractivity contribution is -0.161. The van der Waals surface area contributed by atoms with E-state index < -0.39 is 26.5 Å². The molecule has 484 valence electrons. The molecule has 0 saturated heterocycles. The molecule has 0 fully saturated rings. The van der Waals surface area contributed by atoms with E-state index in [0.29, 0.717) is 6.42 Å². The minimum absolute atomic E-state index is 0.0488. The number of nitrogens with two attached hydrogens (primary N) is 1. The molecule has 2 atom stereocenters. The summed E-state index contributed by atoms with van der Waals surface area (Å²) in [4.78, 5) is 35.3. The molecule has 0 saturated carbocycles. The van der Waals surface area contributed by atoms with Crippen LogP contribution in [0.2, 0.25) is 0 Å². The summed E-state index contributed by atoms with van der Waals surface area (Å²) in [5.41, 5.74) is 5.40. The van der Waals surface area contributed by atoms with Gasteiger partial charge in [-0.1, -0.05) is 344 Å². The standard InChI is InChI=1S/C73H134NO8P/c1-3-5-7-9-11-13-15-17-19-21-23-25-27-29-30-31-32-33-34-35-36-37-38-39-40-42-43-45-47-49-51-53-55-57-59-61-63-65-72(75)79-69-71(70-81-83(77,78)80-68-67-74)82-73(76)66-64-62-60-58-56-54-52-50-48-46-44-41-28-26-24-22-20-18-16-14-12-10-8-6-4-2/h6,8,12,14,18,20,24,26,41,44,48,50,71H,3-5,7,9-11,13,15-17,19,21-23,25,27-40,42-43,45-47,49,51-70,74H2,1-2H3,(H,77,78)/b8-6-,14-12-,20-18-,26-24-,44-41-,50-48-. The lowest BCUT2D eigenvalue weighted by atomic mass is 10.0. The highest BCUT2D eigenvalue weighted by Gasteiger charge is 2.26. The number of hydrogen-bond acceptors (Lipinski definition) is 8. The van der Waals surface area contributed by atoms with E-state index in [9.17, 15) is 19.0 Å². The van der Waals surface area contributed by atoms with Crippen LogP contribution in [0.4, 0.5) is 0 Å². The van der Waals surface area contributed by atoms with Crippen molar-refractivity contribution in [1.82, 2.24) is 0 Å². The number of unbranched alkanes of at least 4 members (excludes halogenated alkanes) is 42. The number of hydrogen-bond donors (Lipinski definition) is 2. The van der Waals surface area contributed by atoms with Gasteiger partial charge >= 0.3 is 19.8 Å². The Balaban J connectivity index is 3.82. The number of carbonyl (C=O) groups is 2. The predicted octanol–water partition coefficient (Wildman–Crippen LogP) is 23.2. The highest BCUT2D eigenvalue weighted by molar-refractivity contribution is 7.47. The monoisotopic (exact) mass is 1180 g/mol. The van der Waals surface area contributed by atoms with Gasteiger partial charge in [0.25, 0.3) is 0 Å². The molecule has 0 aliphatic rings. The fourth-order valence-electron chi connectivity index (χ4n) is 10.4. The summed E-state index contributed by atoms with van der Waals surface area (Å²) >= 11 is 0. The number of allylic oxidation sites excluding steroid dienone is 12. The van der Waals surface area contributed by atoms with Crippen molar-refractivity contribution in [2.24, 2.45) is 5.73 Å². The first-order chi connectivity index (χ1) is 40.8. The van der Waals surface area contributed by atoms with E-state index >= 15 is 0 Å². The van der Waals surface area contributed by atoms with Crippen molar-refractivity contribution in [3.63, 3.8) is 0 Å². The van der Waals surface area contributed by atoms with Gasteiger partial charge in [-0.25, -0.2) is 4.57 Å². The largest absolute Gasteiger partial charge is 0.472 e. The highest BCUT2D eigenvalue weighted by Crippen LogP contribution is 2.43. The van der Waals surface area contributed by atoms with Gasteiger partial charge in [-0.15, -0.1) is 0 Å². The van der Waals surface area contributed by atoms with Gasteiger partial charge in [0.2, 0.25) is 0 Å². The molecule has 0 aromatic rings. The van der Waals surface area contributed by atoms with E-state index in [0.717, 1.165) is 96.3 Å². The molecule has 10 heteroatoms. The third kappa shape index (κ3) is 68.4. The number of carbonyl (C=O) groups excluding carboxylic acids is 2. The average Bonchev–Trinajstić information content (AvgIpc) is 3.49. The van der Waals surface area contributed by atoms with E-state index in [-0.39, 0.29) is 38.6 Å². The first-order valence-electron chi connectivity index (χ1n) is 35.4. The maximum absolute atomic E-state index is 12.7. The first kappa shape index (κ1) is 80.5. The van der Waals surface area contributed by atoms with E-state index in [4.69, 9.17) is 24.3 Å². The van der Waals surface area contributed by atoms with Crippen LogP contribution < -0.4 is 5.73 Å². The van der Waals surface area contributed by atoms with Crippen LogP contribution in [0.3, 0.4) is 0 Å². The topological polar surface area (TPSA) is 134 Å². The molecule has 83 heavy (non-hydrogen) atoms. The molecule has 0 spiro atoms. The average molecular weight is 1180 g/mol. The van der Waals surface area contributed by atoms with Gasteiger partial charge in [0.15, 0.2) is 6.10 Å². The molecule has 0 aliphatic carbocycles. The Kier molecular flexibility index (Phi) is 66.5. The molecule has 2 unspecified atom stereocenters. The summed E-state index contributed by atoms with van der Waals surface area (Å²) in [6.45, 7) is 3.66. The highest BCUT2D eigenvalue weighted by atomic mass is 31.2. The molecule has 0 heterocycles. The summed E-state index contributed by atoms with van der Waals surface area (Å²) in [7, 11) is -4.40. The number of phosphoric ester groups is 1. The van der Waals surface area contributed by atoms with Gasteiger partial charge in [0, 0.05) is 19.4 Å². The van der Waals surface area contributed by atoms with Crippen LogP contribution in [0.25, 0.3) is 0 Å². The second-order valence-corrected chi connectivity index (χ2v) is 25.2. The number of esters is 2. The van der Waals surface area contributed by atoms with Gasteiger partial charge in [0.1, 0.15) is 6.61 Å². The van der Waals surface area contributed by atoms with Crippen LogP contribution in [0.1, 0.15) is 348 Å². The lowest BCUT2D eigenvalue weighted by Gasteiger charge is -2.19. The molecule has 3 N–H and O–H groups in total. The molecule has 0 bridgehead atoms. The second kappa shape index (κ2) is 68.6. The maximum atomic E-state index is 12.7. The summed E-state index contributed by atoms with van der Waals surface area (Å²) in [6, 6.07) is 0. The predicted molar refractivity (Wildman–Crippen MR) is 358 cm³/mol. The maximum Gasteiger partial charge on any atom is 0.472 e. The number of ether oxygens (including phenoxy) is 2. The zero-order valence-corrected chi connectivity index (χ0v) is 55.3. The van der Waals surface area contributed by atoms with Gasteiger partial charge < -0.3 is 20.1 Å². The summed E-state index contributed by atoms with van der Waals surface area (Å²) in [5.74, 6) is -0.834. The van der Waals surface area contributed by atoms with Crippen molar-refractivity contribution in [2.75, 3.05) is 26.4 Å².